The van der Waals surface area contributed by atoms with E-state index in [1.807, 2.05) is 0 Å². The van der Waals surface area contributed by atoms with Crippen molar-refractivity contribution in [3.05, 3.63) is 0 Å². The van der Waals surface area contributed by atoms with Crippen molar-refractivity contribution in [3.63, 3.8) is 0 Å². The normalized spacial score (nSPS) is 17.0. The predicted octanol–water partition coefficient (Wildman–Crippen LogP) is 0.0508. The first-order valence-corrected chi connectivity index (χ1v) is 2.94. The Morgan fingerprint density at radius 1 is 1.55 bits per heavy atom. The number of urea groups is 1. The largest absolute Gasteiger partial charge is 0.468 e. The molecule has 1 rings (SSSR count). The van der Waals surface area contributed by atoms with Gasteiger partial charge in [0.2, 0.25) is 0 Å². The van der Waals surface area contributed by atoms with Crippen molar-refractivity contribution in [2.75, 3.05) is 7.11 Å². The van der Waals surface area contributed by atoms with Gasteiger partial charge in [-0.15, -0.1) is 0 Å². The molecule has 0 spiro atoms. The first-order chi connectivity index (χ1) is 5.24. The number of carbonyl (C=O) groups excluding carboxylic acids is 2. The molecule has 5 nitrogen and oxygen atoms in total. The molecular formula is C6H6N2O3. The molecule has 1 heterocycles. The van der Waals surface area contributed by atoms with Crippen LogP contribution in [0.4, 0.5) is 4.79 Å². The molecule has 0 aromatic carbocycles. The summed E-state index contributed by atoms with van der Waals surface area (Å²) in [5, 5.41) is 0. The van der Waals surface area contributed by atoms with Gasteiger partial charge in [-0.3, -0.25) is 4.79 Å². The van der Waals surface area contributed by atoms with E-state index >= 15 is 0 Å². The van der Waals surface area contributed by atoms with Gasteiger partial charge in [-0.25, -0.2) is 14.8 Å². The second-order valence-corrected chi connectivity index (χ2v) is 1.89. The van der Waals surface area contributed by atoms with Crippen molar-refractivity contribution in [1.82, 2.24) is 0 Å². The second kappa shape index (κ2) is 3.05. The number of aliphatic imine (C=N–C) groups is 2. The molecule has 58 valence electrons. The Balaban J connectivity index is 2.65. The number of nitrogens with zero attached hydrogens (tertiary/aromatic N) is 2. The van der Waals surface area contributed by atoms with Gasteiger partial charge in [0, 0.05) is 12.4 Å². The van der Waals surface area contributed by atoms with Gasteiger partial charge in [-0.1, -0.05) is 0 Å². The molecule has 0 radical (unpaired) electrons. The van der Waals surface area contributed by atoms with Crippen LogP contribution < -0.4 is 0 Å². The highest BCUT2D eigenvalue weighted by Crippen LogP contribution is 1.98. The molecular weight excluding hydrogens is 148 g/mol. The Hall–Kier alpha value is -1.52. The zero-order chi connectivity index (χ0) is 8.27. The molecule has 0 atom stereocenters. The molecule has 0 bridgehead atoms. The fourth-order valence-corrected chi connectivity index (χ4v) is 0.618. The highest BCUT2D eigenvalue weighted by Gasteiger charge is 2.17. The summed E-state index contributed by atoms with van der Waals surface area (Å²) in [6.45, 7) is 0. The summed E-state index contributed by atoms with van der Waals surface area (Å²) in [4.78, 5) is 27.8. The lowest BCUT2D eigenvalue weighted by Crippen LogP contribution is -2.21. The molecule has 11 heavy (non-hydrogen) atoms. The second-order valence-electron chi connectivity index (χ2n) is 1.89. The van der Waals surface area contributed by atoms with E-state index in [2.05, 4.69) is 14.7 Å². The lowest BCUT2D eigenvalue weighted by Gasteiger charge is -2.04. The summed E-state index contributed by atoms with van der Waals surface area (Å²) in [7, 11) is 1.26. The molecule has 0 fully saturated rings. The zero-order valence-electron chi connectivity index (χ0n) is 5.85. The van der Waals surface area contributed by atoms with Crippen molar-refractivity contribution < 1.29 is 14.3 Å². The highest BCUT2D eigenvalue weighted by atomic mass is 16.5. The number of hydrogen-bond donors (Lipinski definition) is 0. The van der Waals surface area contributed by atoms with Crippen LogP contribution in [0.1, 0.15) is 0 Å². The number of hydrogen-bond acceptors (Lipinski definition) is 3. The van der Waals surface area contributed by atoms with E-state index < -0.39 is 17.9 Å². The van der Waals surface area contributed by atoms with Gasteiger partial charge in [0.15, 0.2) is 0 Å². The smallest absolute Gasteiger partial charge is 0.366 e. The number of methoxy groups -OCH3 is 1. The van der Waals surface area contributed by atoms with Crippen molar-refractivity contribution in [2.24, 2.45) is 15.9 Å². The Morgan fingerprint density at radius 3 is 2.55 bits per heavy atom. The van der Waals surface area contributed by atoms with Crippen LogP contribution in [0.3, 0.4) is 0 Å². The molecule has 0 unspecified atom stereocenters. The third-order valence-corrected chi connectivity index (χ3v) is 1.16. The van der Waals surface area contributed by atoms with Crippen molar-refractivity contribution in [2.45, 2.75) is 0 Å². The molecule has 0 aromatic heterocycles. The van der Waals surface area contributed by atoms with E-state index in [9.17, 15) is 9.59 Å². The quantitative estimate of drug-likeness (QED) is 0.501. The maximum absolute atomic E-state index is 10.8. The van der Waals surface area contributed by atoms with Gasteiger partial charge in [0.25, 0.3) is 0 Å². The van der Waals surface area contributed by atoms with Crippen LogP contribution >= 0.6 is 0 Å². The van der Waals surface area contributed by atoms with E-state index in [-0.39, 0.29) is 0 Å². The van der Waals surface area contributed by atoms with E-state index in [1.54, 1.807) is 0 Å². The molecule has 5 heteroatoms. The fourth-order valence-electron chi connectivity index (χ4n) is 0.618. The monoisotopic (exact) mass is 154 g/mol. The SMILES string of the molecule is COC(=O)C1C=NC(=O)N=C1. The van der Waals surface area contributed by atoms with E-state index in [1.165, 1.54) is 19.5 Å². The van der Waals surface area contributed by atoms with Crippen LogP contribution in [0, 0.1) is 5.92 Å². The fraction of sp³-hybridized carbons (Fsp3) is 0.333. The molecule has 0 aromatic rings. The molecule has 1 aliphatic heterocycles. The van der Waals surface area contributed by atoms with E-state index in [0.717, 1.165) is 0 Å². The summed E-state index contributed by atoms with van der Waals surface area (Å²) < 4.78 is 4.39. The summed E-state index contributed by atoms with van der Waals surface area (Å²) in [5.41, 5.74) is 0. The number of amides is 2. The minimum absolute atomic E-state index is 0.468. The molecule has 2 amide bonds. The minimum atomic E-state index is -0.613. The van der Waals surface area contributed by atoms with Gasteiger partial charge in [-0.05, 0) is 0 Å². The summed E-state index contributed by atoms with van der Waals surface area (Å²) >= 11 is 0. The lowest BCUT2D eigenvalue weighted by atomic mass is 10.2. The van der Waals surface area contributed by atoms with Crippen molar-refractivity contribution in [3.8, 4) is 0 Å². The van der Waals surface area contributed by atoms with E-state index in [0.29, 0.717) is 0 Å². The van der Waals surface area contributed by atoms with Gasteiger partial charge in [-0.2, -0.15) is 0 Å². The number of esters is 1. The molecule has 0 saturated heterocycles. The predicted molar refractivity (Wildman–Crippen MR) is 37.9 cm³/mol. The maximum Gasteiger partial charge on any atom is 0.366 e. The van der Waals surface area contributed by atoms with Crippen LogP contribution in [-0.4, -0.2) is 31.5 Å². The van der Waals surface area contributed by atoms with Crippen molar-refractivity contribution >= 4 is 24.4 Å². The first kappa shape index (κ1) is 7.59. The minimum Gasteiger partial charge on any atom is -0.468 e. The van der Waals surface area contributed by atoms with Gasteiger partial charge >= 0.3 is 12.0 Å². The van der Waals surface area contributed by atoms with Crippen LogP contribution in [0.15, 0.2) is 9.98 Å². The van der Waals surface area contributed by atoms with Crippen LogP contribution in [0.25, 0.3) is 0 Å². The van der Waals surface area contributed by atoms with Crippen LogP contribution in [-0.2, 0) is 9.53 Å². The summed E-state index contributed by atoms with van der Waals surface area (Å²) in [6, 6.07) is -0.592. The first-order valence-electron chi connectivity index (χ1n) is 2.94. The van der Waals surface area contributed by atoms with Gasteiger partial charge in [0.05, 0.1) is 7.11 Å². The zero-order valence-corrected chi connectivity index (χ0v) is 5.85. The van der Waals surface area contributed by atoms with Gasteiger partial charge in [0.1, 0.15) is 5.92 Å². The number of ether oxygens (including phenoxy) is 1. The molecule has 0 saturated carbocycles. The number of carbonyl (C=O) groups is 2. The summed E-state index contributed by atoms with van der Waals surface area (Å²) in [5.74, 6) is -1.08. The molecule has 1 aliphatic rings. The highest BCUT2D eigenvalue weighted by molar-refractivity contribution is 6.12. The Labute approximate surface area is 62.8 Å². The average Bonchev–Trinajstić information content (AvgIpc) is 2.05. The van der Waals surface area contributed by atoms with Crippen molar-refractivity contribution in [1.29, 1.82) is 0 Å². The average molecular weight is 154 g/mol. The Morgan fingerprint density at radius 2 is 2.09 bits per heavy atom. The summed E-state index contributed by atoms with van der Waals surface area (Å²) in [6.07, 6.45) is 2.42. The van der Waals surface area contributed by atoms with Crippen LogP contribution in [0.2, 0.25) is 0 Å². The number of rotatable bonds is 1. The third-order valence-electron chi connectivity index (χ3n) is 1.16. The van der Waals surface area contributed by atoms with Crippen LogP contribution in [0.5, 0.6) is 0 Å². The lowest BCUT2D eigenvalue weighted by molar-refractivity contribution is -0.140. The Bertz CT molecular complexity index is 228. The maximum atomic E-state index is 10.8. The standard InChI is InChI=1S/C6H6N2O3/c1-11-5(9)4-2-7-6(10)8-3-4/h2-4H,1H3. The third kappa shape index (κ3) is 1.70. The van der Waals surface area contributed by atoms with Gasteiger partial charge < -0.3 is 4.74 Å². The Kier molecular flexibility index (Phi) is 2.10. The molecule has 0 aliphatic carbocycles. The molecule has 0 N–H and O–H groups in total. The van der Waals surface area contributed by atoms with E-state index in [4.69, 9.17) is 0 Å². The topological polar surface area (TPSA) is 68.1 Å².